The number of carbonyl (C=O) groups excluding carboxylic acids is 2. The third kappa shape index (κ3) is 6.85. The molecule has 39 heavy (non-hydrogen) atoms. The molecule has 0 aliphatic rings. The summed E-state index contributed by atoms with van der Waals surface area (Å²) in [5.74, 6) is 0.514. The molecule has 0 atom stereocenters. The second-order valence-corrected chi connectivity index (χ2v) is 9.45. The molecule has 0 aliphatic carbocycles. The lowest BCUT2D eigenvalue weighted by atomic mass is 10.1. The molecule has 4 aromatic carbocycles. The predicted octanol–water partition coefficient (Wildman–Crippen LogP) is 5.36. The van der Waals surface area contributed by atoms with Gasteiger partial charge >= 0.3 is 0 Å². The molecule has 0 saturated heterocycles. The lowest BCUT2D eigenvalue weighted by Crippen LogP contribution is -2.30. The molecule has 0 aliphatic heterocycles. The van der Waals surface area contributed by atoms with E-state index in [1.807, 2.05) is 91.0 Å². The Morgan fingerprint density at radius 3 is 2.13 bits per heavy atom. The van der Waals surface area contributed by atoms with Crippen molar-refractivity contribution < 1.29 is 9.59 Å². The first kappa shape index (κ1) is 25.6. The number of para-hydroxylation sites is 1. The Morgan fingerprint density at radius 1 is 0.795 bits per heavy atom. The molecule has 5 aromatic rings. The maximum absolute atomic E-state index is 13.2. The molecule has 2 N–H and O–H groups in total. The minimum Gasteiger partial charge on any atom is -0.321 e. The Bertz CT molecular complexity index is 1570. The minimum absolute atomic E-state index is 0.140. The van der Waals surface area contributed by atoms with Crippen LogP contribution in [0.1, 0.15) is 21.7 Å². The van der Waals surface area contributed by atoms with Crippen LogP contribution in [0, 0.1) is 0 Å². The number of nitrogens with one attached hydrogen (secondary N) is 2. The average Bonchev–Trinajstić information content (AvgIpc) is 3.46. The highest BCUT2D eigenvalue weighted by molar-refractivity contribution is 7.98. The summed E-state index contributed by atoms with van der Waals surface area (Å²) in [7, 11) is 0. The SMILES string of the molecule is O=C(Nc1ccc(SCc2nnnn2-c2ccccc2)cc1)/C(=C/c1ccccc1)NC(=O)c1ccccc1. The molecule has 0 spiro atoms. The van der Waals surface area contributed by atoms with E-state index in [-0.39, 0.29) is 11.6 Å². The third-order valence-corrected chi connectivity index (χ3v) is 6.66. The van der Waals surface area contributed by atoms with Gasteiger partial charge in [0.15, 0.2) is 5.82 Å². The van der Waals surface area contributed by atoms with Gasteiger partial charge in [-0.2, -0.15) is 4.68 Å². The Balaban J connectivity index is 1.25. The zero-order valence-electron chi connectivity index (χ0n) is 20.8. The molecule has 0 radical (unpaired) electrons. The van der Waals surface area contributed by atoms with Crippen LogP contribution >= 0.6 is 11.8 Å². The van der Waals surface area contributed by atoms with Crippen LogP contribution in [0.4, 0.5) is 5.69 Å². The Hall–Kier alpha value is -5.02. The average molecular weight is 533 g/mol. The maximum Gasteiger partial charge on any atom is 0.272 e. The summed E-state index contributed by atoms with van der Waals surface area (Å²) in [5, 5.41) is 17.7. The van der Waals surface area contributed by atoms with Gasteiger partial charge in [0.2, 0.25) is 0 Å². The Labute approximate surface area is 229 Å². The minimum atomic E-state index is -0.425. The summed E-state index contributed by atoms with van der Waals surface area (Å²) in [4.78, 5) is 27.0. The van der Waals surface area contributed by atoms with Crippen molar-refractivity contribution in [3.8, 4) is 5.69 Å². The molecule has 5 rings (SSSR count). The molecular weight excluding hydrogens is 508 g/mol. The van der Waals surface area contributed by atoms with Crippen LogP contribution < -0.4 is 10.6 Å². The summed E-state index contributed by atoms with van der Waals surface area (Å²) in [6.45, 7) is 0. The van der Waals surface area contributed by atoms with Gasteiger partial charge in [0, 0.05) is 16.1 Å². The van der Waals surface area contributed by atoms with E-state index >= 15 is 0 Å². The predicted molar refractivity (Wildman–Crippen MR) is 152 cm³/mol. The topological polar surface area (TPSA) is 102 Å². The third-order valence-electron chi connectivity index (χ3n) is 5.65. The Morgan fingerprint density at radius 2 is 1.44 bits per heavy atom. The molecule has 8 nitrogen and oxygen atoms in total. The number of benzene rings is 4. The van der Waals surface area contributed by atoms with Crippen LogP contribution in [-0.4, -0.2) is 32.0 Å². The van der Waals surface area contributed by atoms with Gasteiger partial charge in [0.1, 0.15) is 5.70 Å². The van der Waals surface area contributed by atoms with Gasteiger partial charge < -0.3 is 10.6 Å². The Kier molecular flexibility index (Phi) is 8.20. The van der Waals surface area contributed by atoms with E-state index in [2.05, 4.69) is 26.2 Å². The van der Waals surface area contributed by atoms with Crippen LogP contribution in [-0.2, 0) is 10.5 Å². The number of amides is 2. The second-order valence-electron chi connectivity index (χ2n) is 8.40. The van der Waals surface area contributed by atoms with Gasteiger partial charge in [0.25, 0.3) is 11.8 Å². The number of thioether (sulfide) groups is 1. The molecule has 0 unspecified atom stereocenters. The number of tetrazole rings is 1. The largest absolute Gasteiger partial charge is 0.321 e. The first-order valence-corrected chi connectivity index (χ1v) is 13.1. The summed E-state index contributed by atoms with van der Waals surface area (Å²) < 4.78 is 1.71. The molecular formula is C30H24N6O2S. The molecule has 0 bridgehead atoms. The molecule has 0 saturated carbocycles. The quantitative estimate of drug-likeness (QED) is 0.196. The lowest BCUT2D eigenvalue weighted by Gasteiger charge is -2.12. The number of anilines is 1. The smallest absolute Gasteiger partial charge is 0.272 e. The highest BCUT2D eigenvalue weighted by atomic mass is 32.2. The van der Waals surface area contributed by atoms with Crippen molar-refractivity contribution in [1.82, 2.24) is 25.5 Å². The normalized spacial score (nSPS) is 11.1. The summed E-state index contributed by atoms with van der Waals surface area (Å²) >= 11 is 1.58. The van der Waals surface area contributed by atoms with Gasteiger partial charge in [-0.3, -0.25) is 9.59 Å². The molecule has 1 aromatic heterocycles. The molecule has 9 heteroatoms. The van der Waals surface area contributed by atoms with E-state index in [1.54, 1.807) is 46.8 Å². The van der Waals surface area contributed by atoms with E-state index in [0.717, 1.165) is 22.0 Å². The standard InChI is InChI=1S/C30H24N6O2S/c37-29(23-12-6-2-7-13-23)32-27(20-22-10-4-1-5-11-22)30(38)31-24-16-18-26(19-17-24)39-21-28-33-34-35-36(28)25-14-8-3-9-15-25/h1-20H,21H2,(H,31,38)(H,32,37)/b27-20-. The summed E-state index contributed by atoms with van der Waals surface area (Å²) in [6.07, 6.45) is 1.65. The fourth-order valence-electron chi connectivity index (χ4n) is 3.70. The molecule has 192 valence electrons. The van der Waals surface area contributed by atoms with Gasteiger partial charge in [0.05, 0.1) is 11.4 Å². The summed E-state index contributed by atoms with van der Waals surface area (Å²) in [5.41, 5.74) is 2.90. The number of hydrogen-bond acceptors (Lipinski definition) is 6. The number of rotatable bonds is 9. The molecule has 2 amide bonds. The van der Waals surface area contributed by atoms with E-state index < -0.39 is 5.91 Å². The first-order valence-electron chi connectivity index (χ1n) is 12.2. The highest BCUT2D eigenvalue weighted by Crippen LogP contribution is 2.24. The van der Waals surface area contributed by atoms with E-state index in [0.29, 0.717) is 17.0 Å². The van der Waals surface area contributed by atoms with Gasteiger partial charge in [-0.05, 0) is 70.6 Å². The van der Waals surface area contributed by atoms with E-state index in [4.69, 9.17) is 0 Å². The monoisotopic (exact) mass is 532 g/mol. The number of nitrogens with zero attached hydrogens (tertiary/aromatic N) is 4. The zero-order valence-corrected chi connectivity index (χ0v) is 21.6. The van der Waals surface area contributed by atoms with Crippen LogP contribution in [0.5, 0.6) is 0 Å². The van der Waals surface area contributed by atoms with E-state index in [9.17, 15) is 9.59 Å². The lowest BCUT2D eigenvalue weighted by molar-refractivity contribution is -0.113. The zero-order chi connectivity index (χ0) is 26.9. The first-order chi connectivity index (χ1) is 19.2. The molecule has 1 heterocycles. The van der Waals surface area contributed by atoms with Crippen molar-refractivity contribution in [2.24, 2.45) is 0 Å². The number of carbonyl (C=O) groups is 2. The maximum atomic E-state index is 13.2. The van der Waals surface area contributed by atoms with Gasteiger partial charge in [-0.25, -0.2) is 0 Å². The highest BCUT2D eigenvalue weighted by Gasteiger charge is 2.15. The van der Waals surface area contributed by atoms with Gasteiger partial charge in [-0.15, -0.1) is 16.9 Å². The van der Waals surface area contributed by atoms with Crippen molar-refractivity contribution >= 4 is 35.3 Å². The van der Waals surface area contributed by atoms with Crippen molar-refractivity contribution in [1.29, 1.82) is 0 Å². The number of aromatic nitrogens is 4. The van der Waals surface area contributed by atoms with Crippen molar-refractivity contribution in [2.45, 2.75) is 10.6 Å². The van der Waals surface area contributed by atoms with Crippen molar-refractivity contribution in [2.75, 3.05) is 5.32 Å². The van der Waals surface area contributed by atoms with Gasteiger partial charge in [-0.1, -0.05) is 66.7 Å². The fraction of sp³-hybridized carbons (Fsp3) is 0.0333. The van der Waals surface area contributed by atoms with Crippen molar-refractivity contribution in [3.05, 3.63) is 138 Å². The number of hydrogen-bond donors (Lipinski definition) is 2. The molecule has 0 fully saturated rings. The van der Waals surface area contributed by atoms with Crippen molar-refractivity contribution in [3.63, 3.8) is 0 Å². The second kappa shape index (κ2) is 12.5. The van der Waals surface area contributed by atoms with Crippen LogP contribution in [0.2, 0.25) is 0 Å². The fourth-order valence-corrected chi connectivity index (χ4v) is 4.51. The van der Waals surface area contributed by atoms with Crippen LogP contribution in [0.25, 0.3) is 11.8 Å². The summed E-state index contributed by atoms with van der Waals surface area (Å²) in [6, 6.07) is 35.3. The van der Waals surface area contributed by atoms with Crippen LogP contribution in [0.3, 0.4) is 0 Å². The van der Waals surface area contributed by atoms with E-state index in [1.165, 1.54) is 0 Å². The van der Waals surface area contributed by atoms with Crippen LogP contribution in [0.15, 0.2) is 126 Å².